The molecule has 9 nitrogen and oxygen atoms in total. The summed E-state index contributed by atoms with van der Waals surface area (Å²) in [5.74, 6) is 2.30. The summed E-state index contributed by atoms with van der Waals surface area (Å²) in [6, 6.07) is 3.89. The van der Waals surface area contributed by atoms with E-state index in [1.54, 1.807) is 20.0 Å². The molecule has 29 heavy (non-hydrogen) atoms. The van der Waals surface area contributed by atoms with Crippen LogP contribution >= 0.6 is 0 Å². The van der Waals surface area contributed by atoms with Gasteiger partial charge in [-0.3, -0.25) is 9.59 Å². The van der Waals surface area contributed by atoms with E-state index in [-0.39, 0.29) is 17.7 Å². The molecule has 0 saturated carbocycles. The lowest BCUT2D eigenvalue weighted by molar-refractivity contribution is -0.140. The number of carbonyl (C=O) groups excluding carboxylic acids is 2. The Kier molecular flexibility index (Phi) is 5.46. The highest BCUT2D eigenvalue weighted by Gasteiger charge is 2.31. The van der Waals surface area contributed by atoms with Crippen molar-refractivity contribution in [2.75, 3.05) is 44.2 Å². The molecule has 0 atom stereocenters. The summed E-state index contributed by atoms with van der Waals surface area (Å²) >= 11 is 0. The van der Waals surface area contributed by atoms with Crippen molar-refractivity contribution in [3.63, 3.8) is 0 Å². The Morgan fingerprint density at radius 3 is 2.31 bits per heavy atom. The van der Waals surface area contributed by atoms with Crippen LogP contribution in [0.5, 0.6) is 0 Å². The molecule has 0 bridgehead atoms. The summed E-state index contributed by atoms with van der Waals surface area (Å²) in [5.41, 5.74) is 0.816. The first-order valence-corrected chi connectivity index (χ1v) is 10.1. The van der Waals surface area contributed by atoms with Crippen molar-refractivity contribution in [2.45, 2.75) is 26.7 Å². The summed E-state index contributed by atoms with van der Waals surface area (Å²) in [4.78, 5) is 39.0. The van der Waals surface area contributed by atoms with E-state index in [0.717, 1.165) is 37.3 Å². The summed E-state index contributed by atoms with van der Waals surface area (Å²) < 4.78 is 5.01. The third-order valence-corrected chi connectivity index (χ3v) is 5.74. The predicted molar refractivity (Wildman–Crippen MR) is 106 cm³/mol. The molecule has 0 unspecified atom stereocenters. The van der Waals surface area contributed by atoms with Crippen molar-refractivity contribution in [3.05, 3.63) is 24.2 Å². The second kappa shape index (κ2) is 8.18. The average molecular weight is 398 g/mol. The van der Waals surface area contributed by atoms with Crippen LogP contribution in [0.3, 0.4) is 0 Å². The minimum absolute atomic E-state index is 0.0352. The molecule has 2 aromatic rings. The molecule has 0 N–H and O–H groups in total. The van der Waals surface area contributed by atoms with Crippen LogP contribution < -0.4 is 4.90 Å². The van der Waals surface area contributed by atoms with E-state index in [2.05, 4.69) is 20.0 Å². The maximum atomic E-state index is 12.8. The lowest BCUT2D eigenvalue weighted by Gasteiger charge is -2.38. The van der Waals surface area contributed by atoms with Crippen LogP contribution in [0.2, 0.25) is 0 Å². The van der Waals surface area contributed by atoms with Gasteiger partial charge >= 0.3 is 0 Å². The van der Waals surface area contributed by atoms with Crippen LogP contribution in [0.25, 0.3) is 11.4 Å². The van der Waals surface area contributed by atoms with Gasteiger partial charge in [0.25, 0.3) is 0 Å². The van der Waals surface area contributed by atoms with E-state index in [0.29, 0.717) is 37.9 Å². The van der Waals surface area contributed by atoms with Gasteiger partial charge in [0.2, 0.25) is 23.5 Å². The molecular weight excluding hydrogens is 372 g/mol. The first-order valence-electron chi connectivity index (χ1n) is 10.1. The average Bonchev–Trinajstić information content (AvgIpc) is 3.20. The number of rotatable bonds is 3. The van der Waals surface area contributed by atoms with Gasteiger partial charge in [0.1, 0.15) is 5.82 Å². The van der Waals surface area contributed by atoms with Gasteiger partial charge in [0.15, 0.2) is 0 Å². The first kappa shape index (κ1) is 19.4. The van der Waals surface area contributed by atoms with Gasteiger partial charge in [0, 0.05) is 70.8 Å². The first-order chi connectivity index (χ1) is 14.0. The number of carbonyl (C=O) groups is 2. The quantitative estimate of drug-likeness (QED) is 0.770. The molecule has 0 radical (unpaired) electrons. The van der Waals surface area contributed by atoms with Gasteiger partial charge in [-0.05, 0) is 25.0 Å². The Labute approximate surface area is 169 Å². The van der Waals surface area contributed by atoms with Crippen LogP contribution in [0.1, 0.15) is 25.7 Å². The standard InChI is InChI=1S/C20H26N6O3/c1-14-22-19(23-29-14)17-3-4-18(21-13-17)25-9-11-26(12-10-25)20(28)16-5-7-24(8-6-16)15(2)27/h3-4,13,16H,5-12H2,1-2H3. The van der Waals surface area contributed by atoms with Gasteiger partial charge in [-0.2, -0.15) is 4.98 Å². The maximum Gasteiger partial charge on any atom is 0.225 e. The molecule has 0 aliphatic carbocycles. The van der Waals surface area contributed by atoms with Crippen LogP contribution in [0.15, 0.2) is 22.9 Å². The molecule has 0 spiro atoms. The smallest absolute Gasteiger partial charge is 0.225 e. The fourth-order valence-corrected chi connectivity index (χ4v) is 3.98. The molecule has 2 fully saturated rings. The molecule has 2 aliphatic heterocycles. The number of hydrogen-bond acceptors (Lipinski definition) is 7. The molecular formula is C20H26N6O3. The highest BCUT2D eigenvalue weighted by atomic mass is 16.5. The minimum Gasteiger partial charge on any atom is -0.353 e. The summed E-state index contributed by atoms with van der Waals surface area (Å²) in [6.45, 7) is 7.61. The zero-order chi connectivity index (χ0) is 20.4. The van der Waals surface area contributed by atoms with Crippen molar-refractivity contribution in [3.8, 4) is 11.4 Å². The number of aryl methyl sites for hydroxylation is 1. The number of piperazine rings is 1. The molecule has 2 aromatic heterocycles. The third kappa shape index (κ3) is 4.23. The number of piperidine rings is 1. The largest absolute Gasteiger partial charge is 0.353 e. The van der Waals surface area contributed by atoms with Gasteiger partial charge in [-0.15, -0.1) is 0 Å². The van der Waals surface area contributed by atoms with Crippen molar-refractivity contribution in [1.82, 2.24) is 24.9 Å². The molecule has 2 saturated heterocycles. The van der Waals surface area contributed by atoms with Crippen LogP contribution in [0.4, 0.5) is 5.82 Å². The molecule has 2 amide bonds. The summed E-state index contributed by atoms with van der Waals surface area (Å²) in [7, 11) is 0. The molecule has 4 heterocycles. The van der Waals surface area contributed by atoms with E-state index >= 15 is 0 Å². The number of anilines is 1. The number of hydrogen-bond donors (Lipinski definition) is 0. The molecule has 154 valence electrons. The van der Waals surface area contributed by atoms with Crippen LogP contribution in [-0.2, 0) is 9.59 Å². The summed E-state index contributed by atoms with van der Waals surface area (Å²) in [5, 5.41) is 3.91. The lowest BCUT2D eigenvalue weighted by Crippen LogP contribution is -2.52. The summed E-state index contributed by atoms with van der Waals surface area (Å²) in [6.07, 6.45) is 3.27. The van der Waals surface area contributed by atoms with Crippen molar-refractivity contribution >= 4 is 17.6 Å². The number of likely N-dealkylation sites (tertiary alicyclic amines) is 1. The minimum atomic E-state index is 0.0352. The number of amides is 2. The van der Waals surface area contributed by atoms with Crippen molar-refractivity contribution < 1.29 is 14.1 Å². The Balaban J connectivity index is 1.30. The van der Waals surface area contributed by atoms with Crippen LogP contribution in [-0.4, -0.2) is 76.0 Å². The highest BCUT2D eigenvalue weighted by molar-refractivity contribution is 5.80. The fraction of sp³-hybridized carbons (Fsp3) is 0.550. The molecule has 4 rings (SSSR count). The van der Waals surface area contributed by atoms with Gasteiger partial charge in [-0.1, -0.05) is 5.16 Å². The molecule has 9 heteroatoms. The van der Waals surface area contributed by atoms with Crippen molar-refractivity contribution in [2.24, 2.45) is 5.92 Å². The van der Waals surface area contributed by atoms with Crippen LogP contribution in [0, 0.1) is 12.8 Å². The Hall–Kier alpha value is -2.97. The van der Waals surface area contributed by atoms with Gasteiger partial charge < -0.3 is 19.2 Å². The van der Waals surface area contributed by atoms with Gasteiger partial charge in [-0.25, -0.2) is 4.98 Å². The predicted octanol–water partition coefficient (Wildman–Crippen LogP) is 1.35. The monoisotopic (exact) mass is 398 g/mol. The lowest BCUT2D eigenvalue weighted by atomic mass is 9.95. The molecule has 0 aromatic carbocycles. The number of nitrogens with zero attached hydrogens (tertiary/aromatic N) is 6. The Morgan fingerprint density at radius 2 is 1.76 bits per heavy atom. The van der Waals surface area contributed by atoms with E-state index in [4.69, 9.17) is 4.52 Å². The Bertz CT molecular complexity index is 865. The second-order valence-corrected chi connectivity index (χ2v) is 7.63. The number of pyridine rings is 1. The van der Waals surface area contributed by atoms with E-state index in [1.807, 2.05) is 21.9 Å². The maximum absolute atomic E-state index is 12.8. The fourth-order valence-electron chi connectivity index (χ4n) is 3.98. The second-order valence-electron chi connectivity index (χ2n) is 7.63. The van der Waals surface area contributed by atoms with Gasteiger partial charge in [0.05, 0.1) is 0 Å². The van der Waals surface area contributed by atoms with E-state index in [9.17, 15) is 9.59 Å². The zero-order valence-electron chi connectivity index (χ0n) is 16.9. The normalized spacial score (nSPS) is 18.2. The Morgan fingerprint density at radius 1 is 1.03 bits per heavy atom. The number of aromatic nitrogens is 3. The SMILES string of the molecule is CC(=O)N1CCC(C(=O)N2CCN(c3ccc(-c4noc(C)n4)cn3)CC2)CC1. The van der Waals surface area contributed by atoms with E-state index in [1.165, 1.54) is 0 Å². The van der Waals surface area contributed by atoms with Crippen molar-refractivity contribution in [1.29, 1.82) is 0 Å². The highest BCUT2D eigenvalue weighted by Crippen LogP contribution is 2.23. The third-order valence-electron chi connectivity index (χ3n) is 5.74. The topological polar surface area (TPSA) is 95.7 Å². The molecule has 2 aliphatic rings. The van der Waals surface area contributed by atoms with E-state index < -0.39 is 0 Å². The zero-order valence-corrected chi connectivity index (χ0v) is 16.9.